The fourth-order valence-electron chi connectivity index (χ4n) is 4.54. The van der Waals surface area contributed by atoms with Crippen LogP contribution in [0.25, 0.3) is 0 Å². The van der Waals surface area contributed by atoms with Crippen molar-refractivity contribution in [3.05, 3.63) is 21.4 Å². The third kappa shape index (κ3) is 4.06. The van der Waals surface area contributed by atoms with E-state index in [1.807, 2.05) is 4.90 Å². The van der Waals surface area contributed by atoms with Gasteiger partial charge in [0.15, 0.2) is 0 Å². The molecule has 1 N–H and O–H groups in total. The number of nitrogens with one attached hydrogen (secondary N) is 1. The monoisotopic (exact) mass is 390 g/mol. The molecule has 27 heavy (non-hydrogen) atoms. The number of likely N-dealkylation sites (tertiary alicyclic amines) is 1. The summed E-state index contributed by atoms with van der Waals surface area (Å²) < 4.78 is 5.58. The maximum atomic E-state index is 13.1. The molecular weight excluding hydrogens is 360 g/mol. The van der Waals surface area contributed by atoms with E-state index >= 15 is 0 Å². The molecule has 3 heterocycles. The lowest BCUT2D eigenvalue weighted by Gasteiger charge is -2.31. The molecule has 0 spiro atoms. The summed E-state index contributed by atoms with van der Waals surface area (Å²) >= 11 is 1.64. The van der Waals surface area contributed by atoms with Crippen LogP contribution in [-0.4, -0.2) is 49.6 Å². The number of hydrogen-bond acceptors (Lipinski definition) is 4. The molecule has 148 valence electrons. The molecule has 2 fully saturated rings. The molecule has 0 radical (unpaired) electrons. The van der Waals surface area contributed by atoms with Crippen LogP contribution in [-0.2, 0) is 22.4 Å². The molecule has 0 bridgehead atoms. The van der Waals surface area contributed by atoms with Crippen molar-refractivity contribution in [2.45, 2.75) is 57.8 Å². The number of nitrogens with zero attached hydrogens (tertiary/aromatic N) is 1. The number of hydrogen-bond donors (Lipinski definition) is 1. The van der Waals surface area contributed by atoms with Gasteiger partial charge in [-0.05, 0) is 56.6 Å². The van der Waals surface area contributed by atoms with Crippen molar-refractivity contribution in [1.82, 2.24) is 10.2 Å². The Balaban J connectivity index is 1.42. The molecule has 0 aromatic carbocycles. The predicted octanol–water partition coefficient (Wildman–Crippen LogP) is 3.17. The fourth-order valence-corrected chi connectivity index (χ4v) is 5.71. The molecule has 1 atom stereocenters. The maximum Gasteiger partial charge on any atom is 0.261 e. The Morgan fingerprint density at radius 1 is 1.11 bits per heavy atom. The van der Waals surface area contributed by atoms with Crippen molar-refractivity contribution >= 4 is 23.2 Å². The summed E-state index contributed by atoms with van der Waals surface area (Å²) in [5.74, 6) is 0.128. The summed E-state index contributed by atoms with van der Waals surface area (Å²) in [5, 5.41) is 3.07. The van der Waals surface area contributed by atoms with E-state index in [4.69, 9.17) is 4.74 Å². The quantitative estimate of drug-likeness (QED) is 0.859. The van der Waals surface area contributed by atoms with Gasteiger partial charge >= 0.3 is 0 Å². The highest BCUT2D eigenvalue weighted by Crippen LogP contribution is 2.33. The maximum absolute atomic E-state index is 13.1. The minimum absolute atomic E-state index is 0.0350. The van der Waals surface area contributed by atoms with Gasteiger partial charge in [-0.3, -0.25) is 9.59 Å². The van der Waals surface area contributed by atoms with E-state index in [-0.39, 0.29) is 11.8 Å². The lowest BCUT2D eigenvalue weighted by molar-refractivity contribution is -0.140. The SMILES string of the molecule is O=C(NCC1(C(=O)N2CCCC2)CCOC1)c1cc2c(s1)CCCCCC2. The molecular formula is C21H30N2O3S. The summed E-state index contributed by atoms with van der Waals surface area (Å²) in [6.07, 6.45) is 10.1. The Morgan fingerprint density at radius 3 is 2.63 bits per heavy atom. The zero-order chi connectivity index (χ0) is 18.7. The molecule has 2 saturated heterocycles. The van der Waals surface area contributed by atoms with Crippen molar-refractivity contribution in [3.8, 4) is 0 Å². The van der Waals surface area contributed by atoms with E-state index in [1.54, 1.807) is 11.3 Å². The zero-order valence-electron chi connectivity index (χ0n) is 16.1. The van der Waals surface area contributed by atoms with E-state index in [0.717, 1.165) is 43.6 Å². The van der Waals surface area contributed by atoms with Gasteiger partial charge in [-0.15, -0.1) is 11.3 Å². The van der Waals surface area contributed by atoms with E-state index in [1.165, 1.54) is 36.1 Å². The molecule has 1 unspecified atom stereocenters. The molecule has 0 saturated carbocycles. The largest absolute Gasteiger partial charge is 0.380 e. The average Bonchev–Trinajstić information content (AvgIpc) is 3.41. The van der Waals surface area contributed by atoms with Gasteiger partial charge in [0.1, 0.15) is 0 Å². The van der Waals surface area contributed by atoms with Crippen LogP contribution in [0.5, 0.6) is 0 Å². The van der Waals surface area contributed by atoms with Gasteiger partial charge in [0.25, 0.3) is 5.91 Å². The minimum atomic E-state index is -0.578. The second-order valence-corrected chi connectivity index (χ2v) is 9.37. The van der Waals surface area contributed by atoms with Gasteiger partial charge < -0.3 is 15.0 Å². The second kappa shape index (κ2) is 8.31. The summed E-state index contributed by atoms with van der Waals surface area (Å²) in [4.78, 5) is 30.0. The first-order valence-corrected chi connectivity index (χ1v) is 11.3. The van der Waals surface area contributed by atoms with Crippen molar-refractivity contribution in [2.75, 3.05) is 32.8 Å². The predicted molar refractivity (Wildman–Crippen MR) is 106 cm³/mol. The van der Waals surface area contributed by atoms with Crippen LogP contribution in [0.15, 0.2) is 6.07 Å². The van der Waals surface area contributed by atoms with Crippen molar-refractivity contribution in [1.29, 1.82) is 0 Å². The first-order valence-electron chi connectivity index (χ1n) is 10.4. The Hall–Kier alpha value is -1.40. The summed E-state index contributed by atoms with van der Waals surface area (Å²) in [6, 6.07) is 2.08. The molecule has 1 aromatic heterocycles. The molecule has 2 amide bonds. The smallest absolute Gasteiger partial charge is 0.261 e. The van der Waals surface area contributed by atoms with Crippen LogP contribution >= 0.6 is 11.3 Å². The van der Waals surface area contributed by atoms with Gasteiger partial charge in [0, 0.05) is 31.1 Å². The third-order valence-electron chi connectivity index (χ3n) is 6.26. The van der Waals surface area contributed by atoms with Crippen molar-refractivity contribution in [3.63, 3.8) is 0 Å². The second-order valence-electron chi connectivity index (χ2n) is 8.24. The van der Waals surface area contributed by atoms with E-state index in [2.05, 4.69) is 11.4 Å². The Labute approximate surface area is 165 Å². The van der Waals surface area contributed by atoms with Crippen molar-refractivity contribution in [2.24, 2.45) is 5.41 Å². The van der Waals surface area contributed by atoms with E-state index in [0.29, 0.717) is 26.2 Å². The third-order valence-corrected chi connectivity index (χ3v) is 7.49. The normalized spacial score (nSPS) is 25.7. The number of aryl methyl sites for hydroxylation is 2. The number of thiophene rings is 1. The van der Waals surface area contributed by atoms with Crippen LogP contribution in [0.4, 0.5) is 0 Å². The van der Waals surface area contributed by atoms with Gasteiger partial charge in [0.2, 0.25) is 5.91 Å². The standard InChI is InChI=1S/C21H30N2O3S/c24-19(18-13-16-7-3-1-2-4-8-17(16)27-18)22-14-21(9-12-26-15-21)20(25)23-10-5-6-11-23/h13H,1-12,14-15H2,(H,22,24). The summed E-state index contributed by atoms with van der Waals surface area (Å²) in [7, 11) is 0. The lowest BCUT2D eigenvalue weighted by atomic mass is 9.85. The fraction of sp³-hybridized carbons (Fsp3) is 0.714. The lowest BCUT2D eigenvalue weighted by Crippen LogP contribution is -2.49. The molecule has 6 heteroatoms. The van der Waals surface area contributed by atoms with Gasteiger partial charge in [0.05, 0.1) is 16.9 Å². The number of carbonyl (C=O) groups excluding carboxylic acids is 2. The van der Waals surface area contributed by atoms with Crippen LogP contribution in [0.3, 0.4) is 0 Å². The summed E-state index contributed by atoms with van der Waals surface area (Å²) in [6.45, 7) is 3.08. The Bertz CT molecular complexity index is 662. The Kier molecular flexibility index (Phi) is 5.83. The minimum Gasteiger partial charge on any atom is -0.380 e. The molecule has 4 rings (SSSR count). The molecule has 1 aliphatic carbocycles. The summed E-state index contributed by atoms with van der Waals surface area (Å²) in [5.41, 5.74) is 0.781. The number of amides is 2. The zero-order valence-corrected chi connectivity index (χ0v) is 16.9. The number of fused-ring (bicyclic) bond motifs is 1. The van der Waals surface area contributed by atoms with E-state index in [9.17, 15) is 9.59 Å². The highest BCUT2D eigenvalue weighted by atomic mass is 32.1. The number of ether oxygens (including phenoxy) is 1. The number of rotatable bonds is 4. The van der Waals surface area contributed by atoms with E-state index < -0.39 is 5.41 Å². The van der Waals surface area contributed by atoms with Crippen molar-refractivity contribution < 1.29 is 14.3 Å². The average molecular weight is 391 g/mol. The molecule has 1 aromatic rings. The van der Waals surface area contributed by atoms with Gasteiger partial charge in [-0.25, -0.2) is 0 Å². The van der Waals surface area contributed by atoms with Crippen LogP contribution in [0.1, 0.15) is 65.1 Å². The van der Waals surface area contributed by atoms with Crippen LogP contribution < -0.4 is 5.32 Å². The molecule has 3 aliphatic rings. The van der Waals surface area contributed by atoms with Gasteiger partial charge in [-0.1, -0.05) is 12.8 Å². The first-order chi connectivity index (χ1) is 13.2. The molecule has 2 aliphatic heterocycles. The highest BCUT2D eigenvalue weighted by molar-refractivity contribution is 7.14. The molecule has 5 nitrogen and oxygen atoms in total. The Morgan fingerprint density at radius 2 is 1.89 bits per heavy atom. The highest BCUT2D eigenvalue weighted by Gasteiger charge is 2.45. The topological polar surface area (TPSA) is 58.6 Å². The van der Waals surface area contributed by atoms with Gasteiger partial charge in [-0.2, -0.15) is 0 Å². The van der Waals surface area contributed by atoms with Crippen LogP contribution in [0, 0.1) is 5.41 Å². The van der Waals surface area contributed by atoms with Crippen LogP contribution in [0.2, 0.25) is 0 Å². The number of carbonyl (C=O) groups is 2. The first kappa shape index (κ1) is 18.9.